The molecule has 2 atom stereocenters. The van der Waals surface area contributed by atoms with Crippen LogP contribution in [-0.4, -0.2) is 67.9 Å². The zero-order valence-corrected chi connectivity index (χ0v) is 31.9. The van der Waals surface area contributed by atoms with Crippen LogP contribution < -0.4 is 0 Å². The maximum Gasteiger partial charge on any atom is 0.335 e. The van der Waals surface area contributed by atoms with Crippen LogP contribution in [0.5, 0.6) is 0 Å². The van der Waals surface area contributed by atoms with Crippen LogP contribution >= 0.6 is 0 Å². The van der Waals surface area contributed by atoms with E-state index in [9.17, 15) is 9.59 Å². The molecule has 0 aromatic heterocycles. The van der Waals surface area contributed by atoms with Gasteiger partial charge in [-0.1, -0.05) is 88.5 Å². The van der Waals surface area contributed by atoms with E-state index in [1.807, 2.05) is 25.2 Å². The molecule has 0 bridgehead atoms. The van der Waals surface area contributed by atoms with Crippen LogP contribution in [0.15, 0.2) is 83.6 Å². The van der Waals surface area contributed by atoms with Gasteiger partial charge in [-0.05, 0) is 81.1 Å². The summed E-state index contributed by atoms with van der Waals surface area (Å²) in [7, 11) is 2.78. The number of rotatable bonds is 23. The Morgan fingerprint density at radius 3 is 2.11 bits per heavy atom. The van der Waals surface area contributed by atoms with E-state index in [2.05, 4.69) is 77.2 Å². The number of ether oxygens (including phenoxy) is 5. The summed E-state index contributed by atoms with van der Waals surface area (Å²) < 4.78 is 31.6. The lowest BCUT2D eigenvalue weighted by Gasteiger charge is -2.36. The molecule has 0 fully saturated rings. The molecular formula is C38H62O8Si. The van der Waals surface area contributed by atoms with E-state index in [0.717, 1.165) is 36.8 Å². The topological polar surface area (TPSA) is 89.5 Å². The highest BCUT2D eigenvalue weighted by molar-refractivity contribution is 6.74. The van der Waals surface area contributed by atoms with Crippen LogP contribution in [0.1, 0.15) is 73.6 Å². The second-order valence-electron chi connectivity index (χ2n) is 13.0. The number of methoxy groups -OCH3 is 3. The molecule has 266 valence electrons. The lowest BCUT2D eigenvalue weighted by Crippen LogP contribution is -2.41. The van der Waals surface area contributed by atoms with Gasteiger partial charge in [0.25, 0.3) is 0 Å². The Hall–Kier alpha value is -2.82. The van der Waals surface area contributed by atoms with Crippen molar-refractivity contribution >= 4 is 20.3 Å². The minimum absolute atomic E-state index is 0.0648. The van der Waals surface area contributed by atoms with Gasteiger partial charge in [0.05, 0.1) is 6.10 Å². The van der Waals surface area contributed by atoms with Gasteiger partial charge in [0.1, 0.15) is 0 Å². The molecule has 0 aliphatic heterocycles. The SMILES string of the molecule is COCOC(=O)/C=C(\C=C\[C@@H](C)C/C=C/CC/C=C/C=C\C[C@@H](OC)/C(C)=C\C=C(/C)C(=O)OCOC)CCO[Si](C)(C)C(C)(C)C. The molecule has 0 saturated heterocycles. The molecule has 8 nitrogen and oxygen atoms in total. The van der Waals surface area contributed by atoms with Crippen molar-refractivity contribution in [1.82, 2.24) is 0 Å². The fourth-order valence-corrected chi connectivity index (χ4v) is 4.77. The standard InChI is InChI=1S/C38H62O8Si/c1-31(22-25-34(28-36(39)44-29-41-7)26-27-46-47(10,11)38(4,5)6)20-18-16-14-12-13-15-17-19-21-35(43-9)32(2)23-24-33(3)37(40)45-30-42-8/h13,15-19,22-25,28,31,35H,12,14,20-21,26-27,29-30H2,1-11H3/b15-13+,18-16+,19-17-,25-22+,32-23-,33-24+,34-28+/t31-,35+/m0/s1. The molecule has 0 saturated carbocycles. The summed E-state index contributed by atoms with van der Waals surface area (Å²) in [5, 5.41) is 0.131. The van der Waals surface area contributed by atoms with Gasteiger partial charge in [-0.3, -0.25) is 0 Å². The summed E-state index contributed by atoms with van der Waals surface area (Å²) >= 11 is 0. The first-order chi connectivity index (χ1) is 22.2. The van der Waals surface area contributed by atoms with Gasteiger partial charge < -0.3 is 28.1 Å². The van der Waals surface area contributed by atoms with Gasteiger partial charge in [0.15, 0.2) is 21.9 Å². The Morgan fingerprint density at radius 2 is 1.47 bits per heavy atom. The fourth-order valence-electron chi connectivity index (χ4n) is 3.72. The third-order valence-electron chi connectivity index (χ3n) is 7.85. The first-order valence-corrected chi connectivity index (χ1v) is 19.3. The molecule has 0 aliphatic carbocycles. The molecular weight excluding hydrogens is 612 g/mol. The van der Waals surface area contributed by atoms with Gasteiger partial charge >= 0.3 is 11.9 Å². The fraction of sp³-hybridized carbons (Fsp3) is 0.579. The molecule has 0 amide bonds. The minimum atomic E-state index is -1.87. The normalized spacial score (nSPS) is 15.3. The molecule has 47 heavy (non-hydrogen) atoms. The van der Waals surface area contributed by atoms with E-state index in [0.29, 0.717) is 24.5 Å². The minimum Gasteiger partial charge on any atom is -0.435 e. The van der Waals surface area contributed by atoms with Crippen LogP contribution in [0.2, 0.25) is 18.1 Å². The van der Waals surface area contributed by atoms with E-state index >= 15 is 0 Å². The van der Waals surface area contributed by atoms with Crippen molar-refractivity contribution in [2.45, 2.75) is 97.9 Å². The summed E-state index contributed by atoms with van der Waals surface area (Å²) in [6.07, 6.45) is 26.1. The van der Waals surface area contributed by atoms with Gasteiger partial charge in [-0.25, -0.2) is 9.59 Å². The second kappa shape index (κ2) is 25.2. The number of hydrogen-bond donors (Lipinski definition) is 0. The van der Waals surface area contributed by atoms with Gasteiger partial charge in [0, 0.05) is 39.6 Å². The highest BCUT2D eigenvalue weighted by Crippen LogP contribution is 2.36. The highest BCUT2D eigenvalue weighted by atomic mass is 28.4. The van der Waals surface area contributed by atoms with Crippen LogP contribution in [0.4, 0.5) is 0 Å². The van der Waals surface area contributed by atoms with E-state index in [1.54, 1.807) is 20.1 Å². The number of allylic oxidation sites excluding steroid dienone is 9. The summed E-state index contributed by atoms with van der Waals surface area (Å²) in [6, 6.07) is 0. The summed E-state index contributed by atoms with van der Waals surface area (Å²) in [4.78, 5) is 24.0. The Morgan fingerprint density at radius 1 is 0.830 bits per heavy atom. The lowest BCUT2D eigenvalue weighted by atomic mass is 10.0. The van der Waals surface area contributed by atoms with Crippen molar-refractivity contribution in [3.05, 3.63) is 83.6 Å². The number of unbranched alkanes of at least 4 members (excludes halogenated alkanes) is 1. The van der Waals surface area contributed by atoms with Gasteiger partial charge in [-0.2, -0.15) is 0 Å². The molecule has 0 radical (unpaired) electrons. The molecule has 9 heteroatoms. The first-order valence-electron chi connectivity index (χ1n) is 16.4. The predicted octanol–water partition coefficient (Wildman–Crippen LogP) is 8.95. The van der Waals surface area contributed by atoms with Crippen molar-refractivity contribution < 1.29 is 37.7 Å². The predicted molar refractivity (Wildman–Crippen MR) is 194 cm³/mol. The summed E-state index contributed by atoms with van der Waals surface area (Å²) in [5.41, 5.74) is 2.40. The lowest BCUT2D eigenvalue weighted by molar-refractivity contribution is -0.149. The zero-order chi connectivity index (χ0) is 35.7. The Balaban J connectivity index is 4.79. The number of hydrogen-bond acceptors (Lipinski definition) is 8. The van der Waals surface area contributed by atoms with Crippen LogP contribution in [0, 0.1) is 5.92 Å². The van der Waals surface area contributed by atoms with E-state index in [-0.39, 0.29) is 24.7 Å². The number of carbonyl (C=O) groups excluding carboxylic acids is 2. The molecule has 0 aliphatic rings. The Bertz CT molecular complexity index is 1120. The van der Waals surface area contributed by atoms with Crippen molar-refractivity contribution in [3.63, 3.8) is 0 Å². The largest absolute Gasteiger partial charge is 0.435 e. The van der Waals surface area contributed by atoms with Crippen LogP contribution in [0.3, 0.4) is 0 Å². The maximum atomic E-state index is 12.2. The Kier molecular flexibility index (Phi) is 23.7. The average molecular weight is 675 g/mol. The molecule has 0 aromatic carbocycles. The van der Waals surface area contributed by atoms with Gasteiger partial charge in [-0.15, -0.1) is 0 Å². The number of esters is 2. The number of carbonyl (C=O) groups is 2. The smallest absolute Gasteiger partial charge is 0.335 e. The zero-order valence-electron chi connectivity index (χ0n) is 30.9. The van der Waals surface area contributed by atoms with E-state index in [4.69, 9.17) is 28.1 Å². The van der Waals surface area contributed by atoms with Gasteiger partial charge in [0.2, 0.25) is 0 Å². The monoisotopic (exact) mass is 674 g/mol. The highest BCUT2D eigenvalue weighted by Gasteiger charge is 2.36. The van der Waals surface area contributed by atoms with E-state index < -0.39 is 20.3 Å². The average Bonchev–Trinajstić information content (AvgIpc) is 3.01. The van der Waals surface area contributed by atoms with Crippen LogP contribution in [-0.2, 0) is 37.7 Å². The van der Waals surface area contributed by atoms with Crippen molar-refractivity contribution in [2.24, 2.45) is 5.92 Å². The third kappa shape index (κ3) is 21.6. The second-order valence-corrected chi connectivity index (χ2v) is 17.8. The molecule has 0 unspecified atom stereocenters. The van der Waals surface area contributed by atoms with Crippen LogP contribution in [0.25, 0.3) is 0 Å². The van der Waals surface area contributed by atoms with Crippen molar-refractivity contribution in [1.29, 1.82) is 0 Å². The molecule has 0 spiro atoms. The molecule has 0 rings (SSSR count). The first kappa shape index (κ1) is 44.2. The summed E-state index contributed by atoms with van der Waals surface area (Å²) in [5.74, 6) is -0.502. The van der Waals surface area contributed by atoms with Crippen molar-refractivity contribution in [2.75, 3.05) is 41.5 Å². The molecule has 0 aromatic rings. The maximum absolute atomic E-state index is 12.2. The Labute approximate surface area is 286 Å². The van der Waals surface area contributed by atoms with E-state index in [1.165, 1.54) is 20.3 Å². The van der Waals surface area contributed by atoms with Crippen molar-refractivity contribution in [3.8, 4) is 0 Å². The molecule has 0 heterocycles. The molecule has 0 N–H and O–H groups in total. The third-order valence-corrected chi connectivity index (χ3v) is 12.4. The summed E-state index contributed by atoms with van der Waals surface area (Å²) in [6.45, 7) is 17.4. The quantitative estimate of drug-likeness (QED) is 0.0202.